The van der Waals surface area contributed by atoms with Crippen LogP contribution in [0.5, 0.6) is 0 Å². The molecule has 1 aromatic carbocycles. The van der Waals surface area contributed by atoms with E-state index in [1.165, 1.54) is 4.90 Å². The van der Waals surface area contributed by atoms with Gasteiger partial charge in [-0.25, -0.2) is 4.39 Å². The second-order valence-electron chi connectivity index (χ2n) is 10.0. The van der Waals surface area contributed by atoms with Gasteiger partial charge in [0.25, 0.3) is 0 Å². The Morgan fingerprint density at radius 2 is 1.93 bits per heavy atom. The van der Waals surface area contributed by atoms with Gasteiger partial charge in [-0.3, -0.25) is 4.79 Å². The summed E-state index contributed by atoms with van der Waals surface area (Å²) in [6.45, 7) is 4.23. The second kappa shape index (κ2) is 5.64. The Morgan fingerprint density at radius 1 is 1.14 bits per heavy atom. The van der Waals surface area contributed by atoms with Crippen LogP contribution in [0.15, 0.2) is 59.0 Å². The molecule has 1 unspecified atom stereocenters. The van der Waals surface area contributed by atoms with E-state index >= 15 is 4.39 Å². The van der Waals surface area contributed by atoms with Gasteiger partial charge in [0.15, 0.2) is 11.5 Å². The van der Waals surface area contributed by atoms with Crippen LogP contribution in [-0.4, -0.2) is 27.9 Å². The van der Waals surface area contributed by atoms with Crippen molar-refractivity contribution in [3.8, 4) is 0 Å². The lowest BCUT2D eigenvalue weighted by molar-refractivity contribution is -0.168. The van der Waals surface area contributed by atoms with E-state index in [-0.39, 0.29) is 22.0 Å². The number of ether oxygens (including phenoxy) is 1. The molecule has 1 aliphatic heterocycles. The molecular formula is C25H27FO2S. The minimum atomic E-state index is -1.45. The van der Waals surface area contributed by atoms with E-state index in [1.807, 2.05) is 30.8 Å². The molecule has 4 fully saturated rings. The van der Waals surface area contributed by atoms with Crippen LogP contribution in [0.2, 0.25) is 0 Å². The van der Waals surface area contributed by atoms with Crippen molar-refractivity contribution in [1.29, 1.82) is 0 Å². The van der Waals surface area contributed by atoms with E-state index in [1.54, 1.807) is 12.2 Å². The number of alkyl halides is 1. The van der Waals surface area contributed by atoms with Crippen LogP contribution in [0.1, 0.15) is 46.0 Å². The number of rotatable bonds is 2. The quantitative estimate of drug-likeness (QED) is 0.628. The number of ketones is 1. The number of thioether (sulfide) groups is 1. The summed E-state index contributed by atoms with van der Waals surface area (Å²) < 4.78 is 24.0. The van der Waals surface area contributed by atoms with Crippen molar-refractivity contribution in [3.05, 3.63) is 54.1 Å². The molecule has 152 valence electrons. The van der Waals surface area contributed by atoms with Crippen LogP contribution in [0.4, 0.5) is 4.39 Å². The lowest BCUT2D eigenvalue weighted by Gasteiger charge is -2.59. The first-order valence-corrected chi connectivity index (χ1v) is 11.7. The highest BCUT2D eigenvalue weighted by molar-refractivity contribution is 8.00. The topological polar surface area (TPSA) is 26.3 Å². The van der Waals surface area contributed by atoms with Gasteiger partial charge in [-0.05, 0) is 76.2 Å². The van der Waals surface area contributed by atoms with Crippen molar-refractivity contribution in [3.63, 3.8) is 0 Å². The van der Waals surface area contributed by atoms with Gasteiger partial charge in [0, 0.05) is 16.2 Å². The monoisotopic (exact) mass is 410 g/mol. The predicted molar refractivity (Wildman–Crippen MR) is 113 cm³/mol. The molecule has 0 radical (unpaired) electrons. The predicted octanol–water partition coefficient (Wildman–Crippen LogP) is 5.68. The fraction of sp³-hybridized carbons (Fsp3) is 0.560. The molecule has 4 heteroatoms. The van der Waals surface area contributed by atoms with Gasteiger partial charge >= 0.3 is 0 Å². The molecule has 0 spiro atoms. The van der Waals surface area contributed by atoms with Gasteiger partial charge in [0.1, 0.15) is 0 Å². The molecule has 0 N–H and O–H groups in total. The zero-order valence-electron chi connectivity index (χ0n) is 17.0. The molecule has 5 aliphatic rings. The van der Waals surface area contributed by atoms with E-state index in [0.717, 1.165) is 37.7 Å². The summed E-state index contributed by atoms with van der Waals surface area (Å²) in [4.78, 5) is 13.3. The fourth-order valence-corrected chi connectivity index (χ4v) is 9.26. The third-order valence-electron chi connectivity index (χ3n) is 8.94. The average molecular weight is 411 g/mol. The average Bonchev–Trinajstić information content (AvgIpc) is 3.11. The van der Waals surface area contributed by atoms with Crippen molar-refractivity contribution < 1.29 is 13.9 Å². The molecule has 1 aromatic rings. The van der Waals surface area contributed by atoms with E-state index in [2.05, 4.69) is 31.2 Å². The molecule has 2 bridgehead atoms. The normalized spacial score (nSPS) is 49.6. The minimum Gasteiger partial charge on any atom is -0.367 e. The van der Waals surface area contributed by atoms with Crippen LogP contribution in [0, 0.1) is 17.3 Å². The summed E-state index contributed by atoms with van der Waals surface area (Å²) >= 11 is 1.94. The highest BCUT2D eigenvalue weighted by Crippen LogP contribution is 2.75. The second-order valence-corrected chi connectivity index (χ2v) is 11.4. The molecule has 7 atom stereocenters. The van der Waals surface area contributed by atoms with Crippen LogP contribution in [0.3, 0.4) is 0 Å². The summed E-state index contributed by atoms with van der Waals surface area (Å²) in [5.74, 6) is 0.262. The summed E-state index contributed by atoms with van der Waals surface area (Å²) in [5.41, 5.74) is -1.52. The van der Waals surface area contributed by atoms with Gasteiger partial charge in [0.05, 0.1) is 16.5 Å². The van der Waals surface area contributed by atoms with Crippen molar-refractivity contribution in [2.45, 2.75) is 73.0 Å². The summed E-state index contributed by atoms with van der Waals surface area (Å²) in [5, 5.41) is 0. The molecular weight excluding hydrogens is 383 g/mol. The smallest absolute Gasteiger partial charge is 0.178 e. The molecule has 29 heavy (non-hydrogen) atoms. The Kier molecular flexibility index (Phi) is 3.58. The molecule has 6 rings (SSSR count). The maximum Gasteiger partial charge on any atom is 0.178 e. The molecule has 3 saturated carbocycles. The number of halogens is 1. The highest BCUT2D eigenvalue weighted by Gasteiger charge is 2.79. The molecule has 0 aromatic heterocycles. The zero-order valence-corrected chi connectivity index (χ0v) is 17.8. The fourth-order valence-electron chi connectivity index (χ4n) is 7.51. The lowest BCUT2D eigenvalue weighted by atomic mass is 9.48. The minimum absolute atomic E-state index is 0.00913. The zero-order chi connectivity index (χ0) is 20.1. The molecule has 2 nitrogen and oxygen atoms in total. The van der Waals surface area contributed by atoms with E-state index < -0.39 is 17.2 Å². The molecule has 1 heterocycles. The first-order valence-electron chi connectivity index (χ1n) is 10.9. The maximum absolute atomic E-state index is 17.4. The van der Waals surface area contributed by atoms with Crippen molar-refractivity contribution in [2.24, 2.45) is 17.3 Å². The standard InChI is InChI=1S/C25H27FO2S/c1-22-12-10-17(27)14-16(22)8-9-20-19-11-13-23(2)24(19,15-21(28-23)25(20,22)26)29-18-6-4-3-5-7-18/h3-7,10,12,14,19-21H,8-9,11,13,15H2,1-2H3/t19-,20-,21+,22-,23+,24-,25?/m0/s1. The summed E-state index contributed by atoms with van der Waals surface area (Å²) in [6, 6.07) is 10.6. The Bertz CT molecular complexity index is 957. The molecule has 0 amide bonds. The first kappa shape index (κ1) is 18.4. The number of fused-ring (bicyclic) bond motifs is 6. The number of carbonyl (C=O) groups excluding carboxylic acids is 1. The van der Waals surface area contributed by atoms with Gasteiger partial charge in [-0.15, -0.1) is 11.8 Å². The van der Waals surface area contributed by atoms with Crippen molar-refractivity contribution in [2.75, 3.05) is 0 Å². The number of carbonyl (C=O) groups is 1. The van der Waals surface area contributed by atoms with E-state index in [4.69, 9.17) is 4.74 Å². The van der Waals surface area contributed by atoms with Gasteiger partial charge in [-0.2, -0.15) is 0 Å². The molecule has 4 aliphatic carbocycles. The Balaban J connectivity index is 1.48. The lowest BCUT2D eigenvalue weighted by Crippen LogP contribution is -2.65. The first-order chi connectivity index (χ1) is 13.8. The third kappa shape index (κ3) is 2.05. The number of hydrogen-bond acceptors (Lipinski definition) is 3. The Labute approximate surface area is 176 Å². The third-order valence-corrected chi connectivity index (χ3v) is 10.7. The van der Waals surface area contributed by atoms with Gasteiger partial charge in [0.2, 0.25) is 0 Å². The largest absolute Gasteiger partial charge is 0.367 e. The number of hydrogen-bond donors (Lipinski definition) is 0. The Hall–Kier alpha value is -1.39. The van der Waals surface area contributed by atoms with Crippen LogP contribution >= 0.6 is 11.8 Å². The van der Waals surface area contributed by atoms with Gasteiger partial charge in [-0.1, -0.05) is 29.8 Å². The number of benzene rings is 1. The van der Waals surface area contributed by atoms with Crippen LogP contribution in [0.25, 0.3) is 0 Å². The van der Waals surface area contributed by atoms with E-state index in [0.29, 0.717) is 5.92 Å². The highest BCUT2D eigenvalue weighted by atomic mass is 32.2. The van der Waals surface area contributed by atoms with Gasteiger partial charge < -0.3 is 4.74 Å². The molecule has 1 saturated heterocycles. The van der Waals surface area contributed by atoms with Crippen molar-refractivity contribution in [1.82, 2.24) is 0 Å². The SMILES string of the molecule is C[C@]12C=CC(=O)C=C1CC[C@H]1[C@@H]3CC[C@@]4(C)O[C@H](C[C@]34Sc3ccccc3)C12F. The summed E-state index contributed by atoms with van der Waals surface area (Å²) in [7, 11) is 0. The van der Waals surface area contributed by atoms with Crippen molar-refractivity contribution >= 4 is 17.5 Å². The Morgan fingerprint density at radius 3 is 2.72 bits per heavy atom. The van der Waals surface area contributed by atoms with E-state index in [9.17, 15) is 4.79 Å². The summed E-state index contributed by atoms with van der Waals surface area (Å²) in [6.07, 6.45) is 9.11. The van der Waals surface area contributed by atoms with Crippen LogP contribution in [-0.2, 0) is 9.53 Å². The number of allylic oxidation sites excluding steroid dienone is 4. The van der Waals surface area contributed by atoms with Crippen LogP contribution < -0.4 is 0 Å². The maximum atomic E-state index is 17.4.